The third-order valence-electron chi connectivity index (χ3n) is 6.61. The van der Waals surface area contributed by atoms with E-state index in [1.54, 1.807) is 48.2 Å². The highest BCUT2D eigenvalue weighted by atomic mass is 16.7. The molecule has 2 heterocycles. The maximum atomic E-state index is 13.4. The SMILES string of the molecule is C#Cc1ccc(NC(=O)N2CC(OC(C)OC)CC2C(=O)Nc2ccc(N3CCOCC3=O)cc2C)cc1. The van der Waals surface area contributed by atoms with Gasteiger partial charge in [-0.05, 0) is 61.9 Å². The van der Waals surface area contributed by atoms with Crippen LogP contribution in [0.3, 0.4) is 0 Å². The second-order valence-electron chi connectivity index (χ2n) is 9.20. The number of carbonyl (C=O) groups excluding carboxylic acids is 3. The van der Waals surface area contributed by atoms with Crippen LogP contribution in [0, 0.1) is 19.3 Å². The van der Waals surface area contributed by atoms with Crippen molar-refractivity contribution in [2.24, 2.45) is 0 Å². The van der Waals surface area contributed by atoms with Gasteiger partial charge in [0, 0.05) is 49.2 Å². The Kier molecular flexibility index (Phi) is 8.63. The largest absolute Gasteiger partial charge is 0.370 e. The number of terminal acetylenes is 1. The lowest BCUT2D eigenvalue weighted by molar-refractivity contribution is -0.140. The lowest BCUT2D eigenvalue weighted by atomic mass is 10.1. The van der Waals surface area contributed by atoms with Gasteiger partial charge in [0.2, 0.25) is 5.91 Å². The molecule has 2 aliphatic rings. The molecule has 10 heteroatoms. The third kappa shape index (κ3) is 6.31. The van der Waals surface area contributed by atoms with Crippen molar-refractivity contribution in [3.63, 3.8) is 0 Å². The van der Waals surface area contributed by atoms with Crippen molar-refractivity contribution in [2.45, 2.75) is 38.7 Å². The Labute approximate surface area is 222 Å². The summed E-state index contributed by atoms with van der Waals surface area (Å²) >= 11 is 0. The fourth-order valence-corrected chi connectivity index (χ4v) is 4.50. The highest BCUT2D eigenvalue weighted by Gasteiger charge is 2.41. The smallest absolute Gasteiger partial charge is 0.322 e. The van der Waals surface area contributed by atoms with Gasteiger partial charge < -0.3 is 34.6 Å². The van der Waals surface area contributed by atoms with Crippen LogP contribution in [0.2, 0.25) is 0 Å². The first-order chi connectivity index (χ1) is 18.3. The first-order valence-electron chi connectivity index (χ1n) is 12.4. The number of anilines is 3. The molecule has 2 aromatic rings. The molecule has 0 bridgehead atoms. The summed E-state index contributed by atoms with van der Waals surface area (Å²) in [5, 5.41) is 5.78. The first kappa shape index (κ1) is 27.1. The average Bonchev–Trinajstić information content (AvgIpc) is 3.34. The van der Waals surface area contributed by atoms with Crippen LogP contribution < -0.4 is 15.5 Å². The van der Waals surface area contributed by atoms with E-state index in [0.29, 0.717) is 36.5 Å². The minimum atomic E-state index is -0.770. The average molecular weight is 521 g/mol. The fraction of sp³-hybridized carbons (Fsp3) is 0.393. The zero-order valence-electron chi connectivity index (χ0n) is 21.7. The van der Waals surface area contributed by atoms with Crippen LogP contribution in [-0.2, 0) is 23.8 Å². The van der Waals surface area contributed by atoms with Crippen LogP contribution in [0.25, 0.3) is 0 Å². The van der Waals surface area contributed by atoms with E-state index >= 15 is 0 Å². The van der Waals surface area contributed by atoms with Crippen LogP contribution in [0.15, 0.2) is 42.5 Å². The lowest BCUT2D eigenvalue weighted by Crippen LogP contribution is -2.45. The van der Waals surface area contributed by atoms with Gasteiger partial charge in [-0.15, -0.1) is 6.42 Å². The summed E-state index contributed by atoms with van der Waals surface area (Å²) in [6.07, 6.45) is 4.85. The van der Waals surface area contributed by atoms with Gasteiger partial charge in [-0.2, -0.15) is 0 Å². The van der Waals surface area contributed by atoms with Crippen LogP contribution in [0.1, 0.15) is 24.5 Å². The highest BCUT2D eigenvalue weighted by molar-refractivity contribution is 6.00. The molecule has 0 spiro atoms. The van der Waals surface area contributed by atoms with Gasteiger partial charge in [-0.1, -0.05) is 5.92 Å². The van der Waals surface area contributed by atoms with Crippen LogP contribution in [0.5, 0.6) is 0 Å². The number of morpholine rings is 1. The Morgan fingerprint density at radius 1 is 1.18 bits per heavy atom. The predicted molar refractivity (Wildman–Crippen MR) is 143 cm³/mol. The van der Waals surface area contributed by atoms with Gasteiger partial charge in [-0.25, -0.2) is 4.79 Å². The van der Waals surface area contributed by atoms with E-state index in [0.717, 1.165) is 11.3 Å². The zero-order valence-corrected chi connectivity index (χ0v) is 21.7. The van der Waals surface area contributed by atoms with Crippen LogP contribution >= 0.6 is 0 Å². The minimum Gasteiger partial charge on any atom is -0.370 e. The Bertz CT molecular complexity index is 1220. The van der Waals surface area contributed by atoms with Gasteiger partial charge in [0.25, 0.3) is 5.91 Å². The van der Waals surface area contributed by atoms with Crippen molar-refractivity contribution in [2.75, 3.05) is 48.9 Å². The van der Waals surface area contributed by atoms with Crippen molar-refractivity contribution in [3.05, 3.63) is 53.6 Å². The second kappa shape index (κ2) is 12.1. The normalized spacial score (nSPS) is 20.1. The molecule has 0 radical (unpaired) electrons. The monoisotopic (exact) mass is 520 g/mol. The van der Waals surface area contributed by atoms with Crippen LogP contribution in [-0.4, -0.2) is 74.6 Å². The van der Waals surface area contributed by atoms with E-state index in [9.17, 15) is 14.4 Å². The van der Waals surface area contributed by atoms with E-state index in [1.165, 1.54) is 12.0 Å². The fourth-order valence-electron chi connectivity index (χ4n) is 4.50. The van der Waals surface area contributed by atoms with E-state index in [-0.39, 0.29) is 31.1 Å². The molecule has 3 unspecified atom stereocenters. The zero-order chi connectivity index (χ0) is 27.2. The maximum absolute atomic E-state index is 13.4. The molecule has 38 heavy (non-hydrogen) atoms. The Morgan fingerprint density at radius 2 is 1.95 bits per heavy atom. The number of hydrogen-bond acceptors (Lipinski definition) is 6. The van der Waals surface area contributed by atoms with Crippen LogP contribution in [0.4, 0.5) is 21.9 Å². The van der Waals surface area contributed by atoms with Crippen molar-refractivity contribution in [3.8, 4) is 12.3 Å². The van der Waals surface area contributed by atoms with E-state index in [2.05, 4.69) is 16.6 Å². The quantitative estimate of drug-likeness (QED) is 0.429. The summed E-state index contributed by atoms with van der Waals surface area (Å²) < 4.78 is 16.3. The van der Waals surface area contributed by atoms with Gasteiger partial charge >= 0.3 is 6.03 Å². The molecule has 4 amide bonds. The summed E-state index contributed by atoms with van der Waals surface area (Å²) in [5.41, 5.74) is 3.39. The van der Waals surface area contributed by atoms with E-state index < -0.39 is 18.4 Å². The predicted octanol–water partition coefficient (Wildman–Crippen LogP) is 2.96. The van der Waals surface area contributed by atoms with Crippen molar-refractivity contribution >= 4 is 34.9 Å². The van der Waals surface area contributed by atoms with Gasteiger partial charge in [0.15, 0.2) is 6.29 Å². The Hall–Kier alpha value is -3.91. The summed E-state index contributed by atoms with van der Waals surface area (Å²) in [4.78, 5) is 42.0. The molecular formula is C28H32N4O6. The number of nitrogens with one attached hydrogen (secondary N) is 2. The van der Waals surface area contributed by atoms with E-state index in [1.807, 2.05) is 13.0 Å². The molecule has 2 saturated heterocycles. The van der Waals surface area contributed by atoms with Crippen molar-refractivity contribution < 1.29 is 28.6 Å². The number of rotatable bonds is 7. The summed E-state index contributed by atoms with van der Waals surface area (Å²) in [6.45, 7) is 4.84. The Balaban J connectivity index is 1.49. The molecule has 2 aromatic carbocycles. The van der Waals surface area contributed by atoms with E-state index in [4.69, 9.17) is 20.6 Å². The van der Waals surface area contributed by atoms with Crippen molar-refractivity contribution in [1.82, 2.24) is 4.90 Å². The molecule has 3 atom stereocenters. The second-order valence-corrected chi connectivity index (χ2v) is 9.20. The highest BCUT2D eigenvalue weighted by Crippen LogP contribution is 2.27. The topological polar surface area (TPSA) is 109 Å². The number of amides is 4. The number of methoxy groups -OCH3 is 1. The van der Waals surface area contributed by atoms with Gasteiger partial charge in [-0.3, -0.25) is 9.59 Å². The third-order valence-corrected chi connectivity index (χ3v) is 6.61. The molecule has 0 saturated carbocycles. The summed E-state index contributed by atoms with van der Waals surface area (Å²) in [7, 11) is 1.53. The minimum absolute atomic E-state index is 0.0517. The molecule has 200 valence electrons. The number of aryl methyl sites for hydroxylation is 1. The molecule has 0 aromatic heterocycles. The number of hydrogen-bond donors (Lipinski definition) is 2. The van der Waals surface area contributed by atoms with Gasteiger partial charge in [0.1, 0.15) is 12.6 Å². The number of nitrogens with zero attached hydrogens (tertiary/aromatic N) is 2. The summed E-state index contributed by atoms with van der Waals surface area (Å²) in [5.74, 6) is 2.09. The molecule has 2 aliphatic heterocycles. The maximum Gasteiger partial charge on any atom is 0.322 e. The number of benzene rings is 2. The molecule has 4 rings (SSSR count). The Morgan fingerprint density at radius 3 is 2.61 bits per heavy atom. The lowest BCUT2D eigenvalue weighted by Gasteiger charge is -2.28. The number of ether oxygens (including phenoxy) is 3. The standard InChI is InChI=1S/C28H32N4O6/c1-5-20-6-8-21(9-7-20)29-28(35)32-16-23(38-19(3)36-4)15-25(32)27(34)30-24-11-10-22(14-18(24)2)31-12-13-37-17-26(31)33/h1,6-11,14,19,23,25H,12-13,15-17H2,2-4H3,(H,29,35)(H,30,34). The van der Waals surface area contributed by atoms with Crippen molar-refractivity contribution in [1.29, 1.82) is 0 Å². The molecule has 2 N–H and O–H groups in total. The number of carbonyl (C=O) groups is 3. The van der Waals surface area contributed by atoms with Gasteiger partial charge in [0.05, 0.1) is 12.7 Å². The number of likely N-dealkylation sites (tertiary alicyclic amines) is 1. The molecule has 10 nitrogen and oxygen atoms in total. The molecular weight excluding hydrogens is 488 g/mol. The molecule has 2 fully saturated rings. The number of urea groups is 1. The first-order valence-corrected chi connectivity index (χ1v) is 12.4. The molecule has 0 aliphatic carbocycles. The summed E-state index contributed by atoms with van der Waals surface area (Å²) in [6, 6.07) is 11.1.